The Morgan fingerprint density at radius 3 is 2.20 bits per heavy atom. The van der Waals surface area contributed by atoms with Crippen LogP contribution in [-0.2, 0) is 0 Å². The molecule has 0 unspecified atom stereocenters. The lowest BCUT2D eigenvalue weighted by Gasteiger charge is -2.15. The van der Waals surface area contributed by atoms with Gasteiger partial charge in [0.2, 0.25) is 0 Å². The van der Waals surface area contributed by atoms with Gasteiger partial charge >= 0.3 is 0 Å². The summed E-state index contributed by atoms with van der Waals surface area (Å²) in [4.78, 5) is 25.7. The van der Waals surface area contributed by atoms with E-state index in [1.54, 1.807) is 66.7 Å². The summed E-state index contributed by atoms with van der Waals surface area (Å²) in [7, 11) is 0. The van der Waals surface area contributed by atoms with Crippen molar-refractivity contribution in [2.24, 2.45) is 0 Å². The minimum Gasteiger partial charge on any atom is -0.494 e. The Morgan fingerprint density at radius 2 is 1.49 bits per heavy atom. The van der Waals surface area contributed by atoms with Gasteiger partial charge in [-0.25, -0.2) is 0 Å². The average Bonchev–Trinajstić information content (AvgIpc) is 2.86. The summed E-state index contributed by atoms with van der Waals surface area (Å²) in [6.45, 7) is 5.08. The lowest BCUT2D eigenvalue weighted by molar-refractivity contribution is 0.0972. The third-order valence-corrected chi connectivity index (χ3v) is 5.16. The number of ether oxygens (including phenoxy) is 2. The smallest absolute Gasteiger partial charge is 0.261 e. The van der Waals surface area contributed by atoms with Crippen molar-refractivity contribution in [2.75, 3.05) is 23.8 Å². The molecule has 3 aromatic rings. The van der Waals surface area contributed by atoms with Crippen LogP contribution in [0.4, 0.5) is 11.4 Å². The van der Waals surface area contributed by atoms with Crippen molar-refractivity contribution >= 4 is 40.5 Å². The van der Waals surface area contributed by atoms with E-state index in [0.29, 0.717) is 41.5 Å². The molecule has 182 valence electrons. The van der Waals surface area contributed by atoms with Crippen molar-refractivity contribution in [3.63, 3.8) is 0 Å². The number of benzene rings is 3. The number of carbonyl (C=O) groups is 2. The second kappa shape index (κ2) is 13.1. The summed E-state index contributed by atoms with van der Waals surface area (Å²) in [6.07, 6.45) is 1.89. The fourth-order valence-electron chi connectivity index (χ4n) is 3.22. The summed E-state index contributed by atoms with van der Waals surface area (Å²) >= 11 is 5.35. The molecular formula is C27H29N3O4S. The first-order valence-electron chi connectivity index (χ1n) is 11.5. The number of amides is 2. The van der Waals surface area contributed by atoms with E-state index >= 15 is 0 Å². The van der Waals surface area contributed by atoms with Gasteiger partial charge < -0.3 is 20.1 Å². The van der Waals surface area contributed by atoms with Crippen LogP contribution in [0.5, 0.6) is 11.5 Å². The van der Waals surface area contributed by atoms with Gasteiger partial charge in [0.15, 0.2) is 5.11 Å². The van der Waals surface area contributed by atoms with E-state index in [9.17, 15) is 9.59 Å². The molecule has 8 heteroatoms. The third kappa shape index (κ3) is 7.55. The van der Waals surface area contributed by atoms with Gasteiger partial charge in [-0.15, -0.1) is 0 Å². The van der Waals surface area contributed by atoms with Gasteiger partial charge in [-0.05, 0) is 74.1 Å². The fourth-order valence-corrected chi connectivity index (χ4v) is 3.42. The second-order valence-electron chi connectivity index (χ2n) is 7.56. The van der Waals surface area contributed by atoms with Gasteiger partial charge in [-0.3, -0.25) is 14.9 Å². The molecule has 3 N–H and O–H groups in total. The molecule has 0 spiro atoms. The number of para-hydroxylation sites is 2. The molecule has 35 heavy (non-hydrogen) atoms. The average molecular weight is 492 g/mol. The lowest BCUT2D eigenvalue weighted by Crippen LogP contribution is -2.35. The number of thiocarbonyl (C=S) groups is 1. The summed E-state index contributed by atoms with van der Waals surface area (Å²) in [6, 6.07) is 21.0. The highest BCUT2D eigenvalue weighted by atomic mass is 32.1. The molecule has 7 nitrogen and oxygen atoms in total. The van der Waals surface area contributed by atoms with Gasteiger partial charge in [-0.1, -0.05) is 37.6 Å². The van der Waals surface area contributed by atoms with E-state index in [4.69, 9.17) is 21.7 Å². The van der Waals surface area contributed by atoms with Crippen LogP contribution in [0.1, 0.15) is 47.4 Å². The van der Waals surface area contributed by atoms with Crippen molar-refractivity contribution in [1.82, 2.24) is 5.32 Å². The van der Waals surface area contributed by atoms with Crippen LogP contribution < -0.4 is 25.4 Å². The molecular weight excluding hydrogens is 462 g/mol. The van der Waals surface area contributed by atoms with E-state index in [2.05, 4.69) is 22.9 Å². The molecule has 0 aromatic heterocycles. The van der Waals surface area contributed by atoms with Crippen molar-refractivity contribution in [3.05, 3.63) is 83.9 Å². The number of carbonyl (C=O) groups excluding carboxylic acids is 2. The summed E-state index contributed by atoms with van der Waals surface area (Å²) in [5.74, 6) is 0.509. The maximum Gasteiger partial charge on any atom is 0.261 e. The second-order valence-corrected chi connectivity index (χ2v) is 7.97. The van der Waals surface area contributed by atoms with Gasteiger partial charge in [0, 0.05) is 5.69 Å². The largest absolute Gasteiger partial charge is 0.494 e. The molecule has 0 saturated heterocycles. The maximum atomic E-state index is 12.9. The number of nitrogens with one attached hydrogen (secondary N) is 3. The zero-order valence-corrected chi connectivity index (χ0v) is 20.6. The molecule has 0 radical (unpaired) electrons. The normalized spacial score (nSPS) is 10.2. The third-order valence-electron chi connectivity index (χ3n) is 4.96. The maximum absolute atomic E-state index is 12.9. The Hall–Kier alpha value is -3.91. The molecule has 0 saturated carbocycles. The van der Waals surface area contributed by atoms with Crippen LogP contribution in [0.25, 0.3) is 0 Å². The Kier molecular flexibility index (Phi) is 9.62. The van der Waals surface area contributed by atoms with E-state index in [-0.39, 0.29) is 11.0 Å². The van der Waals surface area contributed by atoms with Crippen LogP contribution >= 0.6 is 12.2 Å². The number of rotatable bonds is 10. The van der Waals surface area contributed by atoms with Crippen LogP contribution in [0.2, 0.25) is 0 Å². The van der Waals surface area contributed by atoms with E-state index in [1.807, 2.05) is 13.0 Å². The molecule has 0 aliphatic heterocycles. The highest BCUT2D eigenvalue weighted by molar-refractivity contribution is 7.80. The zero-order chi connectivity index (χ0) is 25.0. The van der Waals surface area contributed by atoms with Crippen LogP contribution in [0, 0.1) is 0 Å². The minimum absolute atomic E-state index is 0.0691. The topological polar surface area (TPSA) is 88.7 Å². The molecule has 3 aromatic carbocycles. The van der Waals surface area contributed by atoms with Gasteiger partial charge in [0.05, 0.1) is 30.0 Å². The van der Waals surface area contributed by atoms with E-state index in [0.717, 1.165) is 18.6 Å². The molecule has 0 heterocycles. The van der Waals surface area contributed by atoms with E-state index < -0.39 is 5.91 Å². The highest BCUT2D eigenvalue weighted by Gasteiger charge is 2.16. The highest BCUT2D eigenvalue weighted by Crippen LogP contribution is 2.21. The van der Waals surface area contributed by atoms with Crippen molar-refractivity contribution in [3.8, 4) is 11.5 Å². The first-order chi connectivity index (χ1) is 17.0. The summed E-state index contributed by atoms with van der Waals surface area (Å²) < 4.78 is 11.2. The van der Waals surface area contributed by atoms with Crippen LogP contribution in [0.15, 0.2) is 72.8 Å². The van der Waals surface area contributed by atoms with Crippen molar-refractivity contribution in [2.45, 2.75) is 26.7 Å². The first-order valence-corrected chi connectivity index (χ1v) is 11.9. The molecule has 0 aliphatic carbocycles. The summed E-state index contributed by atoms with van der Waals surface area (Å²) in [5, 5.41) is 8.55. The number of anilines is 2. The van der Waals surface area contributed by atoms with Crippen LogP contribution in [-0.4, -0.2) is 30.1 Å². The predicted molar refractivity (Wildman–Crippen MR) is 143 cm³/mol. The number of hydrogen-bond donors (Lipinski definition) is 3. The monoisotopic (exact) mass is 491 g/mol. The van der Waals surface area contributed by atoms with Gasteiger partial charge in [0.1, 0.15) is 11.5 Å². The predicted octanol–water partition coefficient (Wildman–Crippen LogP) is 5.64. The zero-order valence-electron chi connectivity index (χ0n) is 19.8. The Morgan fingerprint density at radius 1 is 0.800 bits per heavy atom. The molecule has 3 rings (SSSR count). The van der Waals surface area contributed by atoms with Crippen LogP contribution in [0.3, 0.4) is 0 Å². The fraction of sp³-hybridized carbons (Fsp3) is 0.222. The quantitative estimate of drug-likeness (QED) is 0.251. The molecule has 2 amide bonds. The Labute approximate surface area is 210 Å². The summed E-state index contributed by atoms with van der Waals surface area (Å²) in [5.41, 5.74) is 1.85. The number of hydrogen-bond acceptors (Lipinski definition) is 5. The SMILES string of the molecule is CCCCOc1ccccc1C(=O)NC(=S)Nc1ccccc1C(=O)Nc1ccc(OCC)cc1. The lowest BCUT2D eigenvalue weighted by atomic mass is 10.1. The first kappa shape index (κ1) is 25.7. The van der Waals surface area contributed by atoms with Crippen molar-refractivity contribution < 1.29 is 19.1 Å². The molecule has 0 bridgehead atoms. The minimum atomic E-state index is -0.397. The van der Waals surface area contributed by atoms with E-state index in [1.165, 1.54) is 0 Å². The standard InChI is InChI=1S/C27H29N3O4S/c1-3-5-18-34-24-13-9-7-11-22(24)26(32)30-27(35)29-23-12-8-6-10-21(23)25(31)28-19-14-16-20(17-15-19)33-4-2/h6-17H,3-5,18H2,1-2H3,(H,28,31)(H2,29,30,32,35). The number of unbranched alkanes of at least 4 members (excludes halogenated alkanes) is 1. The molecule has 0 atom stereocenters. The molecule has 0 fully saturated rings. The van der Waals surface area contributed by atoms with Gasteiger partial charge in [0.25, 0.3) is 11.8 Å². The molecule has 0 aliphatic rings. The Bertz CT molecular complexity index is 1170. The van der Waals surface area contributed by atoms with Gasteiger partial charge in [-0.2, -0.15) is 0 Å². The van der Waals surface area contributed by atoms with Crippen molar-refractivity contribution in [1.29, 1.82) is 0 Å². The Balaban J connectivity index is 1.65.